The fourth-order valence-electron chi connectivity index (χ4n) is 3.30. The van der Waals surface area contributed by atoms with E-state index in [1.807, 2.05) is 24.3 Å². The topological polar surface area (TPSA) is 99.9 Å². The van der Waals surface area contributed by atoms with Crippen LogP contribution in [-0.4, -0.2) is 26.8 Å². The van der Waals surface area contributed by atoms with Gasteiger partial charge in [0.2, 0.25) is 0 Å². The number of benzene rings is 2. The van der Waals surface area contributed by atoms with Gasteiger partial charge < -0.3 is 10.6 Å². The monoisotopic (exact) mass is 395 g/mol. The Morgan fingerprint density at radius 3 is 2.89 bits per heavy atom. The molecule has 2 heterocycles. The lowest BCUT2D eigenvalue weighted by Crippen LogP contribution is -2.50. The first-order chi connectivity index (χ1) is 13.6. The van der Waals surface area contributed by atoms with E-state index in [1.165, 1.54) is 23.9 Å². The molecule has 0 aromatic heterocycles. The van der Waals surface area contributed by atoms with Gasteiger partial charge in [0, 0.05) is 34.7 Å². The van der Waals surface area contributed by atoms with Gasteiger partial charge in [0.1, 0.15) is 6.17 Å². The van der Waals surface area contributed by atoms with Gasteiger partial charge in [0.15, 0.2) is 11.2 Å². The molecule has 2 N–H and O–H groups in total. The van der Waals surface area contributed by atoms with E-state index >= 15 is 0 Å². The van der Waals surface area contributed by atoms with Crippen molar-refractivity contribution in [3.05, 3.63) is 82.4 Å². The molecule has 9 heteroatoms. The number of para-hydroxylation sites is 1. The average Bonchev–Trinajstić information content (AvgIpc) is 2.71. The van der Waals surface area contributed by atoms with E-state index in [2.05, 4.69) is 22.3 Å². The van der Waals surface area contributed by atoms with Gasteiger partial charge in [0.05, 0.1) is 4.92 Å². The number of thioether (sulfide) groups is 1. The summed E-state index contributed by atoms with van der Waals surface area (Å²) in [5.74, 6) is 0.411. The highest BCUT2D eigenvalue weighted by Gasteiger charge is 2.42. The zero-order valence-electron chi connectivity index (χ0n) is 14.7. The normalized spacial score (nSPS) is 20.2. The molecule has 1 amide bonds. The zero-order valence-corrected chi connectivity index (χ0v) is 15.6. The summed E-state index contributed by atoms with van der Waals surface area (Å²) in [7, 11) is 0. The van der Waals surface area contributed by atoms with Crippen molar-refractivity contribution in [3.8, 4) is 0 Å². The van der Waals surface area contributed by atoms with Gasteiger partial charge in [-0.15, -0.1) is 11.7 Å². The van der Waals surface area contributed by atoms with E-state index in [4.69, 9.17) is 0 Å². The number of hydrogen-bond acceptors (Lipinski definition) is 7. The number of nitro benzene ring substituents is 1. The van der Waals surface area contributed by atoms with Crippen LogP contribution in [0.1, 0.15) is 23.3 Å². The van der Waals surface area contributed by atoms with Crippen molar-refractivity contribution in [2.75, 3.05) is 11.1 Å². The van der Waals surface area contributed by atoms with Crippen LogP contribution in [0.3, 0.4) is 0 Å². The predicted octanol–water partition coefficient (Wildman–Crippen LogP) is 3.38. The molecule has 0 aliphatic carbocycles. The van der Waals surface area contributed by atoms with Crippen LogP contribution in [0.25, 0.3) is 0 Å². The van der Waals surface area contributed by atoms with E-state index < -0.39 is 17.1 Å². The molecule has 2 aromatic carbocycles. The fourth-order valence-corrected chi connectivity index (χ4v) is 3.90. The summed E-state index contributed by atoms with van der Waals surface area (Å²) >= 11 is 1.37. The highest BCUT2D eigenvalue weighted by atomic mass is 32.2. The molecule has 0 fully saturated rings. The van der Waals surface area contributed by atoms with Crippen molar-refractivity contribution >= 4 is 34.2 Å². The van der Waals surface area contributed by atoms with Crippen molar-refractivity contribution in [2.24, 2.45) is 5.10 Å². The maximum atomic E-state index is 12.9. The molecule has 2 aliphatic rings. The van der Waals surface area contributed by atoms with Gasteiger partial charge in [-0.25, -0.2) is 0 Å². The average molecular weight is 395 g/mol. The minimum absolute atomic E-state index is 0.0126. The summed E-state index contributed by atoms with van der Waals surface area (Å²) in [5.41, 5.74) is 2.24. The molecule has 4 rings (SSSR count). The number of rotatable bonds is 4. The van der Waals surface area contributed by atoms with Crippen LogP contribution in [0.15, 0.2) is 66.3 Å². The molecule has 0 radical (unpaired) electrons. The van der Waals surface area contributed by atoms with Crippen molar-refractivity contribution in [3.63, 3.8) is 0 Å². The van der Waals surface area contributed by atoms with Gasteiger partial charge in [-0.2, -0.15) is 0 Å². The maximum Gasteiger partial charge on any atom is 0.269 e. The predicted molar refractivity (Wildman–Crippen MR) is 109 cm³/mol. The van der Waals surface area contributed by atoms with Crippen molar-refractivity contribution < 1.29 is 9.72 Å². The number of anilines is 1. The Morgan fingerprint density at radius 2 is 2.11 bits per heavy atom. The second-order valence-corrected chi connectivity index (χ2v) is 7.27. The first kappa shape index (κ1) is 18.1. The molecule has 2 unspecified atom stereocenters. The smallest absolute Gasteiger partial charge is 0.269 e. The van der Waals surface area contributed by atoms with Crippen LogP contribution in [-0.2, 0) is 4.79 Å². The minimum Gasteiger partial charge on any atom is -0.360 e. The molecule has 142 valence electrons. The molecule has 0 spiro atoms. The molecule has 8 nitrogen and oxygen atoms in total. The highest BCUT2D eigenvalue weighted by molar-refractivity contribution is 8.14. The third-order valence-corrected chi connectivity index (χ3v) is 5.36. The first-order valence-electron chi connectivity index (χ1n) is 8.60. The van der Waals surface area contributed by atoms with Gasteiger partial charge >= 0.3 is 0 Å². The standard InChI is InChI=1S/C19H17N5O3S/c1-2-10-28-19-21-18(25)16-14-8-3-4-9-15(14)20-17(23(16)22-19)12-6-5-7-13(11-12)24(26)27/h2-9,11,16-17,20H,1,10H2,(H,21,22,25). The van der Waals surface area contributed by atoms with Gasteiger partial charge in [0.25, 0.3) is 11.6 Å². The molecular weight excluding hydrogens is 378 g/mol. The van der Waals surface area contributed by atoms with Crippen LogP contribution in [0.2, 0.25) is 0 Å². The Hall–Kier alpha value is -3.33. The van der Waals surface area contributed by atoms with Crippen molar-refractivity contribution in [1.29, 1.82) is 0 Å². The number of amidine groups is 1. The van der Waals surface area contributed by atoms with Gasteiger partial charge in [-0.3, -0.25) is 19.9 Å². The summed E-state index contributed by atoms with van der Waals surface area (Å²) in [5, 5.41) is 24.2. The second-order valence-electron chi connectivity index (χ2n) is 6.26. The Kier molecular flexibility index (Phi) is 4.74. The first-order valence-corrected chi connectivity index (χ1v) is 9.58. The number of carbonyl (C=O) groups excluding carboxylic acids is 1. The number of nitrogens with zero attached hydrogens (tertiary/aromatic N) is 3. The lowest BCUT2D eigenvalue weighted by Gasteiger charge is -2.43. The SMILES string of the molecule is C=CCSC1=NN2C(c3cccc([N+](=O)[O-])c3)Nc3ccccc3C2C(=O)N1. The molecular formula is C19H17N5O3S. The number of hydrazone groups is 1. The van der Waals surface area contributed by atoms with E-state index in [1.54, 1.807) is 23.2 Å². The zero-order chi connectivity index (χ0) is 19.7. The van der Waals surface area contributed by atoms with Gasteiger partial charge in [-0.05, 0) is 6.07 Å². The lowest BCUT2D eigenvalue weighted by molar-refractivity contribution is -0.384. The van der Waals surface area contributed by atoms with Crippen LogP contribution in [0.5, 0.6) is 0 Å². The largest absolute Gasteiger partial charge is 0.360 e. The Labute approximate surface area is 165 Å². The molecule has 2 aromatic rings. The molecule has 0 bridgehead atoms. The molecule has 0 saturated carbocycles. The van der Waals surface area contributed by atoms with Crippen molar-refractivity contribution in [2.45, 2.75) is 12.2 Å². The lowest BCUT2D eigenvalue weighted by atomic mass is 9.97. The summed E-state index contributed by atoms with van der Waals surface area (Å²) in [6.07, 6.45) is 1.21. The van der Waals surface area contributed by atoms with Crippen LogP contribution >= 0.6 is 11.8 Å². The van der Waals surface area contributed by atoms with E-state index in [0.717, 1.165) is 11.3 Å². The third-order valence-electron chi connectivity index (χ3n) is 4.50. The fraction of sp³-hybridized carbons (Fsp3) is 0.158. The van der Waals surface area contributed by atoms with Gasteiger partial charge in [-0.1, -0.05) is 48.2 Å². The summed E-state index contributed by atoms with van der Waals surface area (Å²) in [6, 6.07) is 13.2. The van der Waals surface area contributed by atoms with Crippen LogP contribution in [0, 0.1) is 10.1 Å². The number of nitrogens with one attached hydrogen (secondary N) is 2. The number of nitro groups is 1. The molecule has 2 aliphatic heterocycles. The number of hydrogen-bond donors (Lipinski definition) is 2. The van der Waals surface area contributed by atoms with Crippen LogP contribution in [0.4, 0.5) is 11.4 Å². The minimum atomic E-state index is -0.630. The van der Waals surface area contributed by atoms with E-state index in [0.29, 0.717) is 16.5 Å². The number of amides is 1. The van der Waals surface area contributed by atoms with E-state index in [9.17, 15) is 14.9 Å². The maximum absolute atomic E-state index is 12.9. The van der Waals surface area contributed by atoms with Crippen molar-refractivity contribution in [1.82, 2.24) is 10.3 Å². The third kappa shape index (κ3) is 3.20. The summed E-state index contributed by atoms with van der Waals surface area (Å²) < 4.78 is 0. The number of non-ortho nitro benzene ring substituents is 1. The molecule has 28 heavy (non-hydrogen) atoms. The molecule has 0 saturated heterocycles. The highest BCUT2D eigenvalue weighted by Crippen LogP contribution is 2.42. The summed E-state index contributed by atoms with van der Waals surface area (Å²) in [4.78, 5) is 23.7. The molecule has 2 atom stereocenters. The second kappa shape index (κ2) is 7.35. The number of fused-ring (bicyclic) bond motifs is 3. The Balaban J connectivity index is 1.81. The van der Waals surface area contributed by atoms with Crippen LogP contribution < -0.4 is 10.6 Å². The summed E-state index contributed by atoms with van der Waals surface area (Å²) in [6.45, 7) is 3.69. The Morgan fingerprint density at radius 1 is 1.29 bits per heavy atom. The van der Waals surface area contributed by atoms with E-state index in [-0.39, 0.29) is 11.6 Å². The Bertz CT molecular complexity index is 993. The quantitative estimate of drug-likeness (QED) is 0.468. The number of carbonyl (C=O) groups is 1.